The van der Waals surface area contributed by atoms with Gasteiger partial charge in [0.1, 0.15) is 30.3 Å². The maximum absolute atomic E-state index is 10.8. The van der Waals surface area contributed by atoms with E-state index in [-0.39, 0.29) is 12.2 Å². The van der Waals surface area contributed by atoms with Crippen LogP contribution >= 0.6 is 0 Å². The van der Waals surface area contributed by atoms with E-state index in [0.29, 0.717) is 11.2 Å². The van der Waals surface area contributed by atoms with Crippen molar-refractivity contribution in [3.8, 4) is 0 Å². The minimum atomic E-state index is -4.65. The molecule has 3 atom stereocenters. The van der Waals surface area contributed by atoms with E-state index in [0.717, 1.165) is 0 Å². The predicted octanol–water partition coefficient (Wildman–Crippen LogP) is -1.12. The molecule has 0 aromatic carbocycles. The van der Waals surface area contributed by atoms with Crippen molar-refractivity contribution >= 4 is 27.4 Å². The maximum atomic E-state index is 10.8. The van der Waals surface area contributed by atoms with Gasteiger partial charge in [0.05, 0.1) is 12.9 Å². The first kappa shape index (κ1) is 15.1. The van der Waals surface area contributed by atoms with Crippen molar-refractivity contribution in [3.63, 3.8) is 0 Å². The Morgan fingerprint density at radius 3 is 2.91 bits per heavy atom. The van der Waals surface area contributed by atoms with Gasteiger partial charge < -0.3 is 15.6 Å². The Balaban J connectivity index is 1.90. The number of rotatable bonds is 4. The van der Waals surface area contributed by atoms with Gasteiger partial charge in [0.2, 0.25) is 0 Å². The highest BCUT2D eigenvalue weighted by Crippen LogP contribution is 2.33. The van der Waals surface area contributed by atoms with Gasteiger partial charge in [-0.3, -0.25) is 9.12 Å². The summed E-state index contributed by atoms with van der Waals surface area (Å²) in [5.41, 5.74) is 6.47. The SMILES string of the molecule is Nc1ncnc2c1ncn2[C@H]1C[C@H](OS(=O)(=O)O)[C@@H](CO)O1. The molecular formula is C10H13N5O6S. The van der Waals surface area contributed by atoms with Crippen molar-refractivity contribution < 1.29 is 27.0 Å². The topological polar surface area (TPSA) is 163 Å². The van der Waals surface area contributed by atoms with E-state index < -0.39 is 35.4 Å². The number of hydrogen-bond donors (Lipinski definition) is 3. The zero-order valence-electron chi connectivity index (χ0n) is 11.1. The normalized spacial score (nSPS) is 25.8. The van der Waals surface area contributed by atoms with Gasteiger partial charge in [-0.1, -0.05) is 0 Å². The number of fused-ring (bicyclic) bond motifs is 1. The van der Waals surface area contributed by atoms with Crippen LogP contribution in [0.2, 0.25) is 0 Å². The Kier molecular flexibility index (Phi) is 3.70. The highest BCUT2D eigenvalue weighted by atomic mass is 32.3. The second-order valence-electron chi connectivity index (χ2n) is 4.69. The van der Waals surface area contributed by atoms with E-state index in [2.05, 4.69) is 19.1 Å². The fourth-order valence-corrected chi connectivity index (χ4v) is 2.89. The number of aliphatic hydroxyl groups is 1. The Labute approximate surface area is 124 Å². The molecule has 11 nitrogen and oxygen atoms in total. The predicted molar refractivity (Wildman–Crippen MR) is 71.8 cm³/mol. The summed E-state index contributed by atoms with van der Waals surface area (Å²) in [6, 6.07) is 0. The Morgan fingerprint density at radius 2 is 2.23 bits per heavy atom. The molecule has 1 aliphatic heterocycles. The van der Waals surface area contributed by atoms with Crippen LogP contribution in [0, 0.1) is 0 Å². The number of hydrogen-bond acceptors (Lipinski definition) is 9. The fraction of sp³-hybridized carbons (Fsp3) is 0.500. The van der Waals surface area contributed by atoms with E-state index in [1.807, 2.05) is 0 Å². The summed E-state index contributed by atoms with van der Waals surface area (Å²) in [5, 5.41) is 9.25. The summed E-state index contributed by atoms with van der Waals surface area (Å²) >= 11 is 0. The van der Waals surface area contributed by atoms with E-state index in [9.17, 15) is 13.5 Å². The molecule has 22 heavy (non-hydrogen) atoms. The lowest BCUT2D eigenvalue weighted by Gasteiger charge is -2.14. The molecule has 1 saturated heterocycles. The molecule has 120 valence electrons. The molecule has 0 saturated carbocycles. The van der Waals surface area contributed by atoms with E-state index in [1.54, 1.807) is 0 Å². The molecule has 12 heteroatoms. The molecule has 0 bridgehead atoms. The van der Waals surface area contributed by atoms with Gasteiger partial charge in [-0.05, 0) is 0 Å². The molecule has 3 heterocycles. The molecule has 0 spiro atoms. The number of aromatic nitrogens is 4. The van der Waals surface area contributed by atoms with Crippen LogP contribution in [0.15, 0.2) is 12.7 Å². The average molecular weight is 331 g/mol. The molecule has 2 aromatic rings. The van der Waals surface area contributed by atoms with Gasteiger partial charge in [0, 0.05) is 6.42 Å². The van der Waals surface area contributed by atoms with Gasteiger partial charge in [-0.2, -0.15) is 8.42 Å². The van der Waals surface area contributed by atoms with Crippen LogP contribution in [-0.4, -0.2) is 56.4 Å². The maximum Gasteiger partial charge on any atom is 0.397 e. The quantitative estimate of drug-likeness (QED) is 0.584. The first-order chi connectivity index (χ1) is 10.4. The first-order valence-corrected chi connectivity index (χ1v) is 7.60. The standard InChI is InChI=1S/C10H13N5O6S/c11-9-8-10(13-3-12-9)15(4-14-8)7-1-5(6(2-16)20-7)21-22(17,18)19/h3-7,16H,1-2H2,(H2,11,12,13)(H,17,18,19)/t5-,6+,7+/m0/s1. The van der Waals surface area contributed by atoms with Gasteiger partial charge >= 0.3 is 10.4 Å². The summed E-state index contributed by atoms with van der Waals surface area (Å²) in [6.45, 7) is -0.472. The van der Waals surface area contributed by atoms with E-state index in [1.165, 1.54) is 17.2 Å². The highest BCUT2D eigenvalue weighted by Gasteiger charge is 2.39. The third-order valence-corrected chi connectivity index (χ3v) is 3.79. The van der Waals surface area contributed by atoms with E-state index >= 15 is 0 Å². The summed E-state index contributed by atoms with van der Waals surface area (Å²) in [6.07, 6.45) is 0.138. The minimum absolute atomic E-state index is 0.0698. The molecule has 0 amide bonds. The molecule has 0 radical (unpaired) electrons. The largest absolute Gasteiger partial charge is 0.397 e. The Bertz CT molecular complexity index is 792. The smallest absolute Gasteiger partial charge is 0.394 e. The monoisotopic (exact) mass is 331 g/mol. The third kappa shape index (κ3) is 2.74. The second-order valence-corrected chi connectivity index (χ2v) is 5.74. The van der Waals surface area contributed by atoms with Gasteiger partial charge in [0.15, 0.2) is 11.5 Å². The fourth-order valence-electron chi connectivity index (χ4n) is 2.37. The van der Waals surface area contributed by atoms with Crippen molar-refractivity contribution in [1.82, 2.24) is 19.5 Å². The summed E-state index contributed by atoms with van der Waals surface area (Å²) in [7, 11) is -4.65. The van der Waals surface area contributed by atoms with Gasteiger partial charge in [0.25, 0.3) is 0 Å². The van der Waals surface area contributed by atoms with Crippen molar-refractivity contribution in [2.75, 3.05) is 12.3 Å². The lowest BCUT2D eigenvalue weighted by Crippen LogP contribution is -2.29. The number of nitrogen functional groups attached to an aromatic ring is 1. The van der Waals surface area contributed by atoms with Crippen LogP contribution in [0.1, 0.15) is 12.6 Å². The van der Waals surface area contributed by atoms with Crippen molar-refractivity contribution in [1.29, 1.82) is 0 Å². The molecule has 2 aromatic heterocycles. The number of nitrogens with two attached hydrogens (primary N) is 1. The molecule has 0 unspecified atom stereocenters. The van der Waals surface area contributed by atoms with Gasteiger partial charge in [-0.15, -0.1) is 0 Å². The number of anilines is 1. The van der Waals surface area contributed by atoms with E-state index in [4.69, 9.17) is 15.0 Å². The van der Waals surface area contributed by atoms with Crippen LogP contribution < -0.4 is 5.73 Å². The second kappa shape index (κ2) is 5.40. The molecule has 1 fully saturated rings. The Hall–Kier alpha value is -1.86. The number of ether oxygens (including phenoxy) is 1. The van der Waals surface area contributed by atoms with Crippen molar-refractivity contribution in [2.45, 2.75) is 24.9 Å². The van der Waals surface area contributed by atoms with Crippen LogP contribution in [0.25, 0.3) is 11.2 Å². The van der Waals surface area contributed by atoms with Crippen LogP contribution in [-0.2, 0) is 19.3 Å². The molecule has 4 N–H and O–H groups in total. The zero-order valence-corrected chi connectivity index (χ0v) is 11.9. The highest BCUT2D eigenvalue weighted by molar-refractivity contribution is 7.80. The van der Waals surface area contributed by atoms with Crippen LogP contribution in [0.5, 0.6) is 0 Å². The first-order valence-electron chi connectivity index (χ1n) is 6.24. The van der Waals surface area contributed by atoms with Crippen molar-refractivity contribution in [3.05, 3.63) is 12.7 Å². The van der Waals surface area contributed by atoms with Crippen LogP contribution in [0.3, 0.4) is 0 Å². The summed E-state index contributed by atoms with van der Waals surface area (Å²) < 4.78 is 42.0. The minimum Gasteiger partial charge on any atom is -0.394 e. The molecule has 1 aliphatic rings. The number of imidazole rings is 1. The Morgan fingerprint density at radius 1 is 1.45 bits per heavy atom. The van der Waals surface area contributed by atoms with Crippen LogP contribution in [0.4, 0.5) is 5.82 Å². The van der Waals surface area contributed by atoms with Crippen molar-refractivity contribution in [2.24, 2.45) is 0 Å². The molecule has 0 aliphatic carbocycles. The number of nitrogens with zero attached hydrogens (tertiary/aromatic N) is 4. The van der Waals surface area contributed by atoms with Gasteiger partial charge in [-0.25, -0.2) is 19.1 Å². The lowest BCUT2D eigenvalue weighted by molar-refractivity contribution is -0.0396. The zero-order chi connectivity index (χ0) is 15.9. The summed E-state index contributed by atoms with van der Waals surface area (Å²) in [5.74, 6) is 0.200. The summed E-state index contributed by atoms with van der Waals surface area (Å²) in [4.78, 5) is 11.9. The average Bonchev–Trinajstić information content (AvgIpc) is 3.01. The number of aliphatic hydroxyl groups excluding tert-OH is 1. The third-order valence-electron chi connectivity index (χ3n) is 3.30. The molecular weight excluding hydrogens is 318 g/mol. The lowest BCUT2D eigenvalue weighted by atomic mass is 10.2. The molecule has 3 rings (SSSR count).